The highest BCUT2D eigenvalue weighted by Crippen LogP contribution is 2.34. The van der Waals surface area contributed by atoms with Gasteiger partial charge in [0.25, 0.3) is 0 Å². The second kappa shape index (κ2) is 10.1. The molecule has 2 aromatic carbocycles. The average Bonchev–Trinajstić information content (AvgIpc) is 3.15. The van der Waals surface area contributed by atoms with Gasteiger partial charge in [0.05, 0.1) is 24.5 Å². The van der Waals surface area contributed by atoms with E-state index in [1.807, 2.05) is 36.1 Å². The Morgan fingerprint density at radius 3 is 2.38 bits per heavy atom. The second-order valence-corrected chi connectivity index (χ2v) is 8.64. The highest BCUT2D eigenvalue weighted by Gasteiger charge is 2.33. The smallest absolute Gasteiger partial charge is 0.324 e. The molecule has 1 aromatic heterocycles. The Balaban J connectivity index is 1.29. The van der Waals surface area contributed by atoms with E-state index in [0.717, 1.165) is 17.2 Å². The summed E-state index contributed by atoms with van der Waals surface area (Å²) in [6, 6.07) is 13.0. The van der Waals surface area contributed by atoms with Crippen LogP contribution < -0.4 is 5.32 Å². The Kier molecular flexibility index (Phi) is 7.15. The molecular weight excluding hydrogens is 465 g/mol. The Hall–Kier alpha value is -3.02. The Bertz CT molecular complexity index is 1200. The van der Waals surface area contributed by atoms with Crippen molar-refractivity contribution in [2.75, 3.05) is 38.0 Å². The number of amides is 1. The third-order valence-electron chi connectivity index (χ3n) is 5.68. The molecule has 1 fully saturated rings. The van der Waals surface area contributed by atoms with Crippen LogP contribution in [0.4, 0.5) is 18.9 Å². The number of alkyl halides is 3. The van der Waals surface area contributed by atoms with Gasteiger partial charge in [-0.25, -0.2) is 4.68 Å². The summed E-state index contributed by atoms with van der Waals surface area (Å²) in [6.07, 6.45) is -4.53. The van der Waals surface area contributed by atoms with Crippen LogP contribution in [0, 0.1) is 11.7 Å². The first-order chi connectivity index (χ1) is 16.2. The molecule has 34 heavy (non-hydrogen) atoms. The van der Waals surface area contributed by atoms with Gasteiger partial charge in [-0.3, -0.25) is 19.7 Å². The summed E-state index contributed by atoms with van der Waals surface area (Å²) in [5.74, 6) is 0.239. The lowest BCUT2D eigenvalue weighted by atomic mass is 10.1. The molecule has 11 heteroatoms. The number of benzene rings is 2. The fraction of sp³-hybridized carbons (Fsp3) is 0.348. The molecule has 2 heterocycles. The van der Waals surface area contributed by atoms with Gasteiger partial charge < -0.3 is 5.32 Å². The largest absolute Gasteiger partial charge is 0.418 e. The summed E-state index contributed by atoms with van der Waals surface area (Å²) in [4.78, 5) is 20.9. The fourth-order valence-corrected chi connectivity index (χ4v) is 4.01. The molecule has 0 unspecified atom stereocenters. The minimum absolute atomic E-state index is 0.0289. The summed E-state index contributed by atoms with van der Waals surface area (Å²) >= 11 is 5.40. The number of hydrogen-bond donors (Lipinski definition) is 2. The minimum Gasteiger partial charge on any atom is -0.324 e. The maximum Gasteiger partial charge on any atom is 0.418 e. The Morgan fingerprint density at radius 2 is 1.71 bits per heavy atom. The first kappa shape index (κ1) is 24.1. The summed E-state index contributed by atoms with van der Waals surface area (Å²) < 4.78 is 41.7. The van der Waals surface area contributed by atoms with Crippen molar-refractivity contribution >= 4 is 23.8 Å². The number of nitrogens with one attached hydrogen (secondary N) is 2. The molecule has 1 aliphatic rings. The van der Waals surface area contributed by atoms with Crippen molar-refractivity contribution in [1.29, 1.82) is 0 Å². The molecule has 1 amide bonds. The van der Waals surface area contributed by atoms with Crippen LogP contribution in [0.5, 0.6) is 0 Å². The highest BCUT2D eigenvalue weighted by atomic mass is 32.1. The predicted molar refractivity (Wildman–Crippen MR) is 126 cm³/mol. The number of aromatic nitrogens is 3. The van der Waals surface area contributed by atoms with E-state index in [-0.39, 0.29) is 12.2 Å². The van der Waals surface area contributed by atoms with E-state index in [1.165, 1.54) is 18.2 Å². The van der Waals surface area contributed by atoms with Crippen LogP contribution in [0.3, 0.4) is 0 Å². The molecule has 0 atom stereocenters. The van der Waals surface area contributed by atoms with Crippen LogP contribution in [0.15, 0.2) is 48.5 Å². The summed E-state index contributed by atoms with van der Waals surface area (Å²) in [6.45, 7) is 5.19. The van der Waals surface area contributed by atoms with Crippen LogP contribution >= 0.6 is 12.2 Å². The van der Waals surface area contributed by atoms with Crippen molar-refractivity contribution < 1.29 is 18.0 Å². The van der Waals surface area contributed by atoms with Crippen LogP contribution in [-0.2, 0) is 17.6 Å². The molecule has 4 rings (SSSR count). The fourth-order valence-electron chi connectivity index (χ4n) is 3.81. The van der Waals surface area contributed by atoms with Crippen molar-refractivity contribution in [3.63, 3.8) is 0 Å². The SMILES string of the molecule is Cc1ccc(-c2nc(=S)n(CN3CCN(CC(=O)Nc4ccccc4C(F)(F)F)CC3)[nH]2)cc1. The van der Waals surface area contributed by atoms with E-state index in [2.05, 4.69) is 20.3 Å². The molecule has 0 saturated carbocycles. The molecule has 0 aliphatic carbocycles. The number of anilines is 1. The van der Waals surface area contributed by atoms with Gasteiger partial charge in [0.15, 0.2) is 5.82 Å². The van der Waals surface area contributed by atoms with Crippen molar-refractivity contribution in [3.05, 3.63) is 64.4 Å². The van der Waals surface area contributed by atoms with Gasteiger partial charge in [-0.15, -0.1) is 0 Å². The number of carbonyl (C=O) groups excluding carboxylic acids is 1. The second-order valence-electron chi connectivity index (χ2n) is 8.28. The van der Waals surface area contributed by atoms with E-state index in [0.29, 0.717) is 43.4 Å². The van der Waals surface area contributed by atoms with Crippen LogP contribution in [0.25, 0.3) is 11.4 Å². The van der Waals surface area contributed by atoms with Crippen molar-refractivity contribution in [1.82, 2.24) is 24.6 Å². The number of para-hydroxylation sites is 1. The lowest BCUT2D eigenvalue weighted by Gasteiger charge is -2.34. The molecule has 1 aliphatic heterocycles. The normalized spacial score (nSPS) is 15.4. The third-order valence-corrected chi connectivity index (χ3v) is 6.00. The number of hydrogen-bond acceptors (Lipinski definition) is 5. The van der Waals surface area contributed by atoms with Gasteiger partial charge in [-0.05, 0) is 31.3 Å². The maximum absolute atomic E-state index is 13.1. The van der Waals surface area contributed by atoms with Gasteiger partial charge in [-0.2, -0.15) is 18.2 Å². The van der Waals surface area contributed by atoms with Gasteiger partial charge in [0, 0.05) is 31.7 Å². The number of piperazine rings is 1. The van der Waals surface area contributed by atoms with E-state index in [9.17, 15) is 18.0 Å². The van der Waals surface area contributed by atoms with Crippen molar-refractivity contribution in [3.8, 4) is 11.4 Å². The zero-order valence-corrected chi connectivity index (χ0v) is 19.4. The van der Waals surface area contributed by atoms with E-state index in [1.54, 1.807) is 4.68 Å². The van der Waals surface area contributed by atoms with E-state index in [4.69, 9.17) is 12.2 Å². The molecule has 7 nitrogen and oxygen atoms in total. The van der Waals surface area contributed by atoms with E-state index >= 15 is 0 Å². The minimum atomic E-state index is -4.53. The number of carbonyl (C=O) groups is 1. The van der Waals surface area contributed by atoms with Crippen molar-refractivity contribution in [2.24, 2.45) is 0 Å². The summed E-state index contributed by atoms with van der Waals surface area (Å²) in [7, 11) is 0. The van der Waals surface area contributed by atoms with Crippen molar-refractivity contribution in [2.45, 2.75) is 19.8 Å². The lowest BCUT2D eigenvalue weighted by molar-refractivity contribution is -0.137. The Morgan fingerprint density at radius 1 is 1.06 bits per heavy atom. The van der Waals surface area contributed by atoms with Gasteiger partial charge in [0.2, 0.25) is 10.7 Å². The summed E-state index contributed by atoms with van der Waals surface area (Å²) in [5.41, 5.74) is 1.04. The van der Waals surface area contributed by atoms with Crippen LogP contribution in [0.2, 0.25) is 0 Å². The van der Waals surface area contributed by atoms with Gasteiger partial charge in [0.1, 0.15) is 0 Å². The quantitative estimate of drug-likeness (QED) is 0.508. The number of halogens is 3. The maximum atomic E-state index is 13.1. The average molecular weight is 491 g/mol. The third kappa shape index (κ3) is 5.91. The summed E-state index contributed by atoms with van der Waals surface area (Å²) in [5, 5.41) is 5.64. The molecule has 1 saturated heterocycles. The predicted octanol–water partition coefficient (Wildman–Crippen LogP) is 4.15. The monoisotopic (exact) mass is 490 g/mol. The van der Waals surface area contributed by atoms with Crippen LogP contribution in [-0.4, -0.2) is 63.2 Å². The zero-order chi connectivity index (χ0) is 24.3. The molecule has 0 bridgehead atoms. The molecule has 0 radical (unpaired) electrons. The number of H-pyrrole nitrogens is 1. The van der Waals surface area contributed by atoms with E-state index < -0.39 is 17.6 Å². The van der Waals surface area contributed by atoms with Crippen LogP contribution in [0.1, 0.15) is 11.1 Å². The topological polar surface area (TPSA) is 69.2 Å². The molecule has 2 N–H and O–H groups in total. The number of nitrogens with zero attached hydrogens (tertiary/aromatic N) is 4. The first-order valence-corrected chi connectivity index (χ1v) is 11.2. The number of rotatable bonds is 6. The zero-order valence-electron chi connectivity index (χ0n) is 18.6. The standard InChI is InChI=1S/C23H25F3N6OS/c1-16-6-8-17(9-7-16)21-28-22(34)32(29-21)15-31-12-10-30(11-13-31)14-20(33)27-19-5-3-2-4-18(19)23(24,25)26/h2-9H,10-15H2,1H3,(H,27,33)(H,28,29,34). The Labute approximate surface area is 200 Å². The molecule has 0 spiro atoms. The number of aryl methyl sites for hydroxylation is 1. The number of aromatic amines is 1. The molecule has 180 valence electrons. The highest BCUT2D eigenvalue weighted by molar-refractivity contribution is 7.71. The molecule has 3 aromatic rings. The van der Waals surface area contributed by atoms with Gasteiger partial charge in [-0.1, -0.05) is 42.0 Å². The molecular formula is C23H25F3N6OS. The first-order valence-electron chi connectivity index (χ1n) is 10.8. The van der Waals surface area contributed by atoms with Gasteiger partial charge >= 0.3 is 6.18 Å². The lowest BCUT2D eigenvalue weighted by Crippen LogP contribution is -2.49.